The molecule has 0 saturated carbocycles. The highest BCUT2D eigenvalue weighted by Crippen LogP contribution is 2.33. The predicted octanol–water partition coefficient (Wildman–Crippen LogP) is 3.07. The van der Waals surface area contributed by atoms with Gasteiger partial charge in [0.25, 0.3) is 17.4 Å². The van der Waals surface area contributed by atoms with E-state index in [4.69, 9.17) is 0 Å². The van der Waals surface area contributed by atoms with Crippen molar-refractivity contribution >= 4 is 39.1 Å². The second-order valence-electron chi connectivity index (χ2n) is 5.35. The molecule has 2 aromatic carbocycles. The van der Waals surface area contributed by atoms with Gasteiger partial charge in [0.05, 0.1) is 16.5 Å². The van der Waals surface area contributed by atoms with E-state index in [2.05, 4.69) is 21.2 Å². The maximum absolute atomic E-state index is 12.2. The number of aliphatic hydroxyl groups is 1. The molecule has 2 N–H and O–H groups in total. The first-order valence-corrected chi connectivity index (χ1v) is 7.96. The molecule has 1 heterocycles. The maximum atomic E-state index is 12.2. The van der Waals surface area contributed by atoms with E-state index >= 15 is 0 Å². The van der Waals surface area contributed by atoms with E-state index < -0.39 is 22.7 Å². The Labute approximate surface area is 150 Å². The van der Waals surface area contributed by atoms with Gasteiger partial charge in [-0.25, -0.2) is 0 Å². The molecular formula is C17H11BrN2O5. The van der Waals surface area contributed by atoms with Crippen LogP contribution in [0.1, 0.15) is 17.2 Å². The Morgan fingerprint density at radius 2 is 1.68 bits per heavy atom. The highest BCUT2D eigenvalue weighted by molar-refractivity contribution is 9.10. The van der Waals surface area contributed by atoms with E-state index in [0.29, 0.717) is 11.1 Å². The number of nitrogens with one attached hydrogen (secondary N) is 1. The van der Waals surface area contributed by atoms with Crippen molar-refractivity contribution in [2.75, 3.05) is 0 Å². The molecule has 0 aliphatic carbocycles. The Morgan fingerprint density at radius 1 is 1.08 bits per heavy atom. The second kappa shape index (κ2) is 6.48. The summed E-state index contributed by atoms with van der Waals surface area (Å²) in [5, 5.41) is 23.8. The van der Waals surface area contributed by atoms with Gasteiger partial charge in [0.2, 0.25) is 0 Å². The van der Waals surface area contributed by atoms with Crippen LogP contribution in [0.25, 0.3) is 5.76 Å². The fraction of sp³-hybridized carbons (Fsp3) is 0.0588. The van der Waals surface area contributed by atoms with Crippen LogP contribution in [0, 0.1) is 10.1 Å². The van der Waals surface area contributed by atoms with Gasteiger partial charge < -0.3 is 10.4 Å². The molecule has 1 aliphatic rings. The van der Waals surface area contributed by atoms with Crippen LogP contribution in [-0.4, -0.2) is 21.7 Å². The molecule has 1 unspecified atom stereocenters. The zero-order chi connectivity index (χ0) is 18.1. The maximum Gasteiger partial charge on any atom is 0.293 e. The van der Waals surface area contributed by atoms with Crippen molar-refractivity contribution in [1.82, 2.24) is 5.32 Å². The molecule has 1 amide bonds. The van der Waals surface area contributed by atoms with Gasteiger partial charge in [-0.15, -0.1) is 0 Å². The molecule has 8 heteroatoms. The summed E-state index contributed by atoms with van der Waals surface area (Å²) in [7, 11) is 0. The first kappa shape index (κ1) is 16.8. The first-order chi connectivity index (χ1) is 11.9. The molecular weight excluding hydrogens is 392 g/mol. The quantitative estimate of drug-likeness (QED) is 0.269. The van der Waals surface area contributed by atoms with E-state index in [1.54, 1.807) is 24.3 Å². The fourth-order valence-corrected chi connectivity index (χ4v) is 2.83. The molecule has 1 fully saturated rings. The van der Waals surface area contributed by atoms with Crippen LogP contribution >= 0.6 is 15.9 Å². The normalized spacial score (nSPS) is 18.8. The summed E-state index contributed by atoms with van der Waals surface area (Å²) in [5.74, 6) is -1.97. The number of halogens is 1. The Morgan fingerprint density at radius 3 is 2.24 bits per heavy atom. The molecule has 1 atom stereocenters. The Hall–Kier alpha value is -3.00. The monoisotopic (exact) mass is 402 g/mol. The van der Waals surface area contributed by atoms with Gasteiger partial charge >= 0.3 is 0 Å². The molecule has 0 aromatic heterocycles. The number of non-ortho nitro benzene ring substituents is 1. The highest BCUT2D eigenvalue weighted by atomic mass is 79.9. The van der Waals surface area contributed by atoms with Gasteiger partial charge in [0, 0.05) is 22.2 Å². The SMILES string of the molecule is O=C1NC(c2ccc([N+](=O)[O-])cc2)/C(=C(\O)c2ccc(Br)cc2)C1=O. The molecule has 1 saturated heterocycles. The summed E-state index contributed by atoms with van der Waals surface area (Å²) in [6.07, 6.45) is 0. The predicted molar refractivity (Wildman–Crippen MR) is 92.7 cm³/mol. The molecule has 7 nitrogen and oxygen atoms in total. The van der Waals surface area contributed by atoms with E-state index in [9.17, 15) is 24.8 Å². The van der Waals surface area contributed by atoms with Crippen LogP contribution in [0.2, 0.25) is 0 Å². The zero-order valence-corrected chi connectivity index (χ0v) is 14.2. The average molecular weight is 403 g/mol. The molecule has 0 spiro atoms. The van der Waals surface area contributed by atoms with Crippen LogP contribution in [-0.2, 0) is 9.59 Å². The Balaban J connectivity index is 2.07. The second-order valence-corrected chi connectivity index (χ2v) is 6.27. The number of hydrogen-bond acceptors (Lipinski definition) is 5. The summed E-state index contributed by atoms with van der Waals surface area (Å²) in [6, 6.07) is 11.2. The van der Waals surface area contributed by atoms with Crippen molar-refractivity contribution < 1.29 is 19.6 Å². The van der Waals surface area contributed by atoms with Gasteiger partial charge in [-0.05, 0) is 29.8 Å². The number of benzene rings is 2. The van der Waals surface area contributed by atoms with Crippen molar-refractivity contribution in [1.29, 1.82) is 0 Å². The van der Waals surface area contributed by atoms with Gasteiger partial charge in [0.15, 0.2) is 0 Å². The number of nitro groups is 1. The number of amides is 1. The van der Waals surface area contributed by atoms with Crippen molar-refractivity contribution in [3.05, 3.63) is 79.8 Å². The van der Waals surface area contributed by atoms with E-state index in [0.717, 1.165) is 4.47 Å². The van der Waals surface area contributed by atoms with E-state index in [1.807, 2.05) is 0 Å². The molecule has 0 bridgehead atoms. The smallest absolute Gasteiger partial charge is 0.293 e. The minimum atomic E-state index is -0.871. The fourth-order valence-electron chi connectivity index (χ4n) is 2.57. The first-order valence-electron chi connectivity index (χ1n) is 7.17. The topological polar surface area (TPSA) is 110 Å². The minimum Gasteiger partial charge on any atom is -0.507 e. The van der Waals surface area contributed by atoms with E-state index in [-0.39, 0.29) is 17.0 Å². The number of Topliss-reactive ketones (excluding diaryl/α,β-unsaturated/α-hetero) is 1. The Kier molecular flexibility index (Phi) is 4.37. The number of ketones is 1. The number of carbonyl (C=O) groups is 2. The summed E-state index contributed by atoms with van der Waals surface area (Å²) >= 11 is 3.28. The van der Waals surface area contributed by atoms with Crippen LogP contribution in [0.15, 0.2) is 58.6 Å². The Bertz CT molecular complexity index is 904. The number of hydrogen-bond donors (Lipinski definition) is 2. The van der Waals surface area contributed by atoms with Crippen molar-refractivity contribution in [3.63, 3.8) is 0 Å². The molecule has 25 heavy (non-hydrogen) atoms. The summed E-state index contributed by atoms with van der Waals surface area (Å²) < 4.78 is 0.799. The molecule has 2 aromatic rings. The highest BCUT2D eigenvalue weighted by Gasteiger charge is 2.39. The van der Waals surface area contributed by atoms with Gasteiger partial charge in [-0.1, -0.05) is 28.1 Å². The van der Waals surface area contributed by atoms with Crippen molar-refractivity contribution in [2.45, 2.75) is 6.04 Å². The van der Waals surface area contributed by atoms with Crippen LogP contribution in [0.5, 0.6) is 0 Å². The number of rotatable bonds is 3. The van der Waals surface area contributed by atoms with Crippen molar-refractivity contribution in [2.24, 2.45) is 0 Å². The number of nitrogens with zero attached hydrogens (tertiary/aromatic N) is 1. The lowest BCUT2D eigenvalue weighted by molar-refractivity contribution is -0.384. The summed E-state index contributed by atoms with van der Waals surface area (Å²) in [6.45, 7) is 0. The summed E-state index contributed by atoms with van der Waals surface area (Å²) in [4.78, 5) is 34.2. The zero-order valence-electron chi connectivity index (χ0n) is 12.6. The van der Waals surface area contributed by atoms with Crippen LogP contribution < -0.4 is 5.32 Å². The molecule has 1 aliphatic heterocycles. The van der Waals surface area contributed by atoms with Gasteiger partial charge in [-0.3, -0.25) is 19.7 Å². The molecule has 126 valence electrons. The third-order valence-corrected chi connectivity index (χ3v) is 4.35. The van der Waals surface area contributed by atoms with Crippen molar-refractivity contribution in [3.8, 4) is 0 Å². The largest absolute Gasteiger partial charge is 0.507 e. The third kappa shape index (κ3) is 3.16. The lowest BCUT2D eigenvalue weighted by atomic mass is 9.96. The third-order valence-electron chi connectivity index (χ3n) is 3.82. The standard InChI is InChI=1S/C17H11BrN2O5/c18-11-5-1-10(2-6-11)15(21)13-14(19-17(23)16(13)22)9-3-7-12(8-4-9)20(24)25/h1-8,14,21H,(H,19,23)/b15-13+. The molecule has 0 radical (unpaired) electrons. The average Bonchev–Trinajstić information content (AvgIpc) is 2.90. The number of aliphatic hydroxyl groups excluding tert-OH is 1. The number of carbonyl (C=O) groups excluding carboxylic acids is 2. The lowest BCUT2D eigenvalue weighted by Crippen LogP contribution is -2.21. The van der Waals surface area contributed by atoms with Gasteiger partial charge in [-0.2, -0.15) is 0 Å². The minimum absolute atomic E-state index is 0.0822. The van der Waals surface area contributed by atoms with Gasteiger partial charge in [0.1, 0.15) is 5.76 Å². The lowest BCUT2D eigenvalue weighted by Gasteiger charge is -2.13. The van der Waals surface area contributed by atoms with Crippen LogP contribution in [0.3, 0.4) is 0 Å². The molecule has 3 rings (SSSR count). The number of nitro benzene ring substituents is 1. The van der Waals surface area contributed by atoms with Crippen LogP contribution in [0.4, 0.5) is 5.69 Å². The van der Waals surface area contributed by atoms with E-state index in [1.165, 1.54) is 24.3 Å². The summed E-state index contributed by atoms with van der Waals surface area (Å²) in [5.41, 5.74) is 0.654.